The highest BCUT2D eigenvalue weighted by Gasteiger charge is 2.26. The van der Waals surface area contributed by atoms with Crippen molar-refractivity contribution >= 4 is 6.09 Å². The van der Waals surface area contributed by atoms with Crippen LogP contribution in [0.3, 0.4) is 0 Å². The van der Waals surface area contributed by atoms with Gasteiger partial charge >= 0.3 is 6.09 Å². The molecule has 1 aromatic heterocycles. The first-order valence-electron chi connectivity index (χ1n) is 5.65. The minimum absolute atomic E-state index is 0.220. The van der Waals surface area contributed by atoms with Crippen LogP contribution < -0.4 is 0 Å². The van der Waals surface area contributed by atoms with Gasteiger partial charge in [0, 0.05) is 12.5 Å². The van der Waals surface area contributed by atoms with Gasteiger partial charge in [-0.15, -0.1) is 0 Å². The van der Waals surface area contributed by atoms with Gasteiger partial charge in [-0.25, -0.2) is 4.79 Å². The molecule has 92 valence electrons. The molecule has 0 spiro atoms. The van der Waals surface area contributed by atoms with Crippen molar-refractivity contribution < 1.29 is 18.8 Å². The van der Waals surface area contributed by atoms with Gasteiger partial charge in [0.2, 0.25) is 5.89 Å². The lowest BCUT2D eigenvalue weighted by Gasteiger charge is -2.07. The monoisotopic (exact) mass is 239 g/mol. The maximum atomic E-state index is 11.2. The van der Waals surface area contributed by atoms with E-state index >= 15 is 0 Å². The predicted octanol–water partition coefficient (Wildman–Crippen LogP) is 0.526. The molecule has 7 heteroatoms. The van der Waals surface area contributed by atoms with Crippen molar-refractivity contribution in [3.63, 3.8) is 0 Å². The highest BCUT2D eigenvalue weighted by Crippen LogP contribution is 2.22. The maximum absolute atomic E-state index is 11.2. The summed E-state index contributed by atoms with van der Waals surface area (Å²) in [6.07, 6.45) is 0.596. The number of carbonyl (C=O) groups is 1. The Morgan fingerprint density at radius 3 is 3.06 bits per heavy atom. The Morgan fingerprint density at radius 1 is 1.41 bits per heavy atom. The van der Waals surface area contributed by atoms with Gasteiger partial charge in [0.15, 0.2) is 5.82 Å². The third-order valence-electron chi connectivity index (χ3n) is 2.95. The second kappa shape index (κ2) is 4.33. The molecule has 1 atom stereocenters. The first kappa shape index (κ1) is 10.5. The van der Waals surface area contributed by atoms with Crippen LogP contribution >= 0.6 is 0 Å². The fraction of sp³-hybridized carbons (Fsp3) is 0.700. The fourth-order valence-electron chi connectivity index (χ4n) is 1.97. The van der Waals surface area contributed by atoms with E-state index in [1.54, 1.807) is 4.90 Å². The third-order valence-corrected chi connectivity index (χ3v) is 2.95. The molecule has 1 amide bonds. The average molecular weight is 239 g/mol. The standard InChI is InChI=1S/C10H13N3O4/c14-10-13(2-4-16-10)5-8-11-9(12-17-8)7-1-3-15-6-7/h7H,1-6H2/t7-/m0/s1. The van der Waals surface area contributed by atoms with Gasteiger partial charge < -0.3 is 14.0 Å². The number of cyclic esters (lactones) is 1. The molecule has 7 nitrogen and oxygen atoms in total. The Labute approximate surface area is 97.7 Å². The summed E-state index contributed by atoms with van der Waals surface area (Å²) in [5.74, 6) is 1.34. The fourth-order valence-corrected chi connectivity index (χ4v) is 1.97. The van der Waals surface area contributed by atoms with Crippen LogP contribution in [-0.2, 0) is 16.0 Å². The van der Waals surface area contributed by atoms with Crippen LogP contribution in [0.5, 0.6) is 0 Å². The van der Waals surface area contributed by atoms with Gasteiger partial charge in [-0.05, 0) is 6.42 Å². The van der Waals surface area contributed by atoms with Crippen LogP contribution in [0.4, 0.5) is 4.79 Å². The number of aromatic nitrogens is 2. The topological polar surface area (TPSA) is 77.7 Å². The summed E-state index contributed by atoms with van der Waals surface area (Å²) >= 11 is 0. The lowest BCUT2D eigenvalue weighted by atomic mass is 10.1. The zero-order valence-corrected chi connectivity index (χ0v) is 9.29. The summed E-state index contributed by atoms with van der Waals surface area (Å²) in [7, 11) is 0. The van der Waals surface area contributed by atoms with E-state index in [2.05, 4.69) is 10.1 Å². The molecule has 0 radical (unpaired) electrons. The second-order valence-corrected chi connectivity index (χ2v) is 4.14. The van der Waals surface area contributed by atoms with E-state index in [0.29, 0.717) is 38.0 Å². The summed E-state index contributed by atoms with van der Waals surface area (Å²) in [6, 6.07) is 0. The Hall–Kier alpha value is -1.63. The number of hydrogen-bond donors (Lipinski definition) is 0. The Balaban J connectivity index is 1.65. The minimum Gasteiger partial charge on any atom is -0.448 e. The molecule has 0 unspecified atom stereocenters. The molecule has 2 fully saturated rings. The van der Waals surface area contributed by atoms with E-state index < -0.39 is 0 Å². The van der Waals surface area contributed by atoms with Gasteiger partial charge in [-0.2, -0.15) is 4.98 Å². The Morgan fingerprint density at radius 2 is 2.35 bits per heavy atom. The van der Waals surface area contributed by atoms with Gasteiger partial charge in [-0.1, -0.05) is 5.16 Å². The summed E-state index contributed by atoms with van der Waals surface area (Å²) in [4.78, 5) is 17.1. The first-order chi connectivity index (χ1) is 8.33. The smallest absolute Gasteiger partial charge is 0.410 e. The van der Waals surface area contributed by atoms with E-state index in [1.807, 2.05) is 0 Å². The van der Waals surface area contributed by atoms with Crippen molar-refractivity contribution in [2.75, 3.05) is 26.4 Å². The lowest BCUT2D eigenvalue weighted by molar-refractivity contribution is 0.154. The normalized spacial score (nSPS) is 24.4. The molecule has 0 aliphatic carbocycles. The molecule has 0 aromatic carbocycles. The molecule has 2 saturated heterocycles. The summed E-state index contributed by atoms with van der Waals surface area (Å²) in [6.45, 7) is 2.70. The molecular weight excluding hydrogens is 226 g/mol. The lowest BCUT2D eigenvalue weighted by Crippen LogP contribution is -2.23. The highest BCUT2D eigenvalue weighted by molar-refractivity contribution is 5.69. The summed E-state index contributed by atoms with van der Waals surface area (Å²) < 4.78 is 15.2. The number of carbonyl (C=O) groups excluding carboxylic acids is 1. The highest BCUT2D eigenvalue weighted by atomic mass is 16.6. The van der Waals surface area contributed by atoms with Gasteiger partial charge in [0.25, 0.3) is 0 Å². The minimum atomic E-state index is -0.325. The average Bonchev–Trinajstić information content (AvgIpc) is 3.02. The van der Waals surface area contributed by atoms with E-state index in [9.17, 15) is 4.79 Å². The number of amides is 1. The quantitative estimate of drug-likeness (QED) is 0.765. The first-order valence-corrected chi connectivity index (χ1v) is 5.65. The van der Waals surface area contributed by atoms with Gasteiger partial charge in [0.05, 0.1) is 13.2 Å². The van der Waals surface area contributed by atoms with Crippen LogP contribution in [0.15, 0.2) is 4.52 Å². The van der Waals surface area contributed by atoms with Gasteiger partial charge in [0.1, 0.15) is 13.2 Å². The molecule has 3 heterocycles. The molecule has 1 aromatic rings. The van der Waals surface area contributed by atoms with E-state index in [4.69, 9.17) is 14.0 Å². The van der Waals surface area contributed by atoms with Crippen molar-refractivity contribution in [1.29, 1.82) is 0 Å². The van der Waals surface area contributed by atoms with Crippen LogP contribution in [0.25, 0.3) is 0 Å². The molecule has 2 aliphatic heterocycles. The largest absolute Gasteiger partial charge is 0.448 e. The molecular formula is C10H13N3O4. The number of hydrogen-bond acceptors (Lipinski definition) is 6. The molecule has 0 saturated carbocycles. The van der Waals surface area contributed by atoms with Crippen molar-refractivity contribution in [3.8, 4) is 0 Å². The van der Waals surface area contributed by atoms with Crippen LogP contribution in [0.1, 0.15) is 24.1 Å². The number of rotatable bonds is 3. The zero-order chi connectivity index (χ0) is 11.7. The number of ether oxygens (including phenoxy) is 2. The molecule has 17 heavy (non-hydrogen) atoms. The second-order valence-electron chi connectivity index (χ2n) is 4.14. The van der Waals surface area contributed by atoms with Gasteiger partial charge in [-0.3, -0.25) is 4.90 Å². The molecule has 0 bridgehead atoms. The van der Waals surface area contributed by atoms with Crippen molar-refractivity contribution in [1.82, 2.24) is 15.0 Å². The van der Waals surface area contributed by atoms with E-state index in [-0.39, 0.29) is 12.0 Å². The SMILES string of the molecule is O=C1OCCN1Cc1nc([C@H]2CCOC2)no1. The Bertz CT molecular complexity index is 413. The van der Waals surface area contributed by atoms with E-state index in [0.717, 1.165) is 13.0 Å². The molecule has 0 N–H and O–H groups in total. The summed E-state index contributed by atoms with van der Waals surface area (Å²) in [5.41, 5.74) is 0. The van der Waals surface area contributed by atoms with E-state index in [1.165, 1.54) is 0 Å². The molecule has 2 aliphatic rings. The predicted molar refractivity (Wildman–Crippen MR) is 54.2 cm³/mol. The maximum Gasteiger partial charge on any atom is 0.410 e. The third kappa shape index (κ3) is 2.10. The molecule has 3 rings (SSSR count). The zero-order valence-electron chi connectivity index (χ0n) is 9.29. The van der Waals surface area contributed by atoms with Crippen LogP contribution in [0.2, 0.25) is 0 Å². The number of nitrogens with zero attached hydrogens (tertiary/aromatic N) is 3. The van der Waals surface area contributed by atoms with Crippen molar-refractivity contribution in [2.45, 2.75) is 18.9 Å². The van der Waals surface area contributed by atoms with Crippen molar-refractivity contribution in [3.05, 3.63) is 11.7 Å². The van der Waals surface area contributed by atoms with Crippen LogP contribution in [-0.4, -0.2) is 47.5 Å². The van der Waals surface area contributed by atoms with Crippen LogP contribution in [0, 0.1) is 0 Å². The summed E-state index contributed by atoms with van der Waals surface area (Å²) in [5, 5.41) is 3.92. The van der Waals surface area contributed by atoms with Crippen molar-refractivity contribution in [2.24, 2.45) is 0 Å². The Kier molecular flexibility index (Phi) is 2.68.